The molecule has 5 heteroatoms. The molecule has 1 aromatic carbocycles. The van der Waals surface area contributed by atoms with E-state index in [1.165, 1.54) is 12.1 Å². The summed E-state index contributed by atoms with van der Waals surface area (Å²) in [6.45, 7) is 1.68. The molecule has 2 N–H and O–H groups in total. The van der Waals surface area contributed by atoms with E-state index in [1.807, 2.05) is 0 Å². The first-order valence-corrected chi connectivity index (χ1v) is 4.79. The summed E-state index contributed by atoms with van der Waals surface area (Å²) in [5, 5.41) is 0. The maximum atomic E-state index is 13.4. The van der Waals surface area contributed by atoms with Crippen molar-refractivity contribution in [2.75, 3.05) is 0 Å². The zero-order valence-electron chi connectivity index (χ0n) is 8.77. The molecule has 0 aromatic heterocycles. The van der Waals surface area contributed by atoms with Gasteiger partial charge in [-0.05, 0) is 18.6 Å². The number of hydrogen-bond donors (Lipinski definition) is 1. The first-order chi connectivity index (χ1) is 7.60. The highest BCUT2D eigenvalue weighted by Crippen LogP contribution is 2.22. The van der Waals surface area contributed by atoms with E-state index in [1.54, 1.807) is 6.92 Å². The molecule has 0 bridgehead atoms. The molecule has 0 saturated carbocycles. The number of aldehydes is 1. The number of para-hydroxylation sites is 1. The Kier molecular flexibility index (Phi) is 3.99. The van der Waals surface area contributed by atoms with Gasteiger partial charge in [0.1, 0.15) is 0 Å². The molecule has 16 heavy (non-hydrogen) atoms. The smallest absolute Gasteiger partial charge is 0.258 e. The minimum absolute atomic E-state index is 0.0553. The van der Waals surface area contributed by atoms with Crippen LogP contribution in [-0.2, 0) is 4.79 Å². The number of hydrogen-bond acceptors (Lipinski definition) is 3. The van der Waals surface area contributed by atoms with Crippen LogP contribution in [0.3, 0.4) is 0 Å². The predicted octanol–water partition coefficient (Wildman–Crippen LogP) is 1.28. The fraction of sp³-hybridized carbons (Fsp3) is 0.273. The average molecular weight is 225 g/mol. The molecule has 0 aliphatic rings. The summed E-state index contributed by atoms with van der Waals surface area (Å²) >= 11 is 0. The normalized spacial score (nSPS) is 11.9. The number of halogens is 1. The van der Waals surface area contributed by atoms with E-state index in [2.05, 4.69) is 0 Å². The maximum Gasteiger partial charge on any atom is 0.258 e. The largest absolute Gasteiger partial charge is 0.477 e. The van der Waals surface area contributed by atoms with E-state index in [-0.39, 0.29) is 11.3 Å². The van der Waals surface area contributed by atoms with E-state index < -0.39 is 17.8 Å². The molecule has 0 saturated heterocycles. The first kappa shape index (κ1) is 12.2. The third-order valence-corrected chi connectivity index (χ3v) is 2.07. The maximum absolute atomic E-state index is 13.4. The Balaban J connectivity index is 3.03. The number of carbonyl (C=O) groups is 2. The van der Waals surface area contributed by atoms with Gasteiger partial charge in [0.2, 0.25) is 0 Å². The molecular formula is C11H12FNO3. The SMILES string of the molecule is CCC(Oc1c(F)cccc1C=O)C(N)=O. The van der Waals surface area contributed by atoms with E-state index in [0.717, 1.165) is 6.07 Å². The molecule has 1 rings (SSSR count). The number of nitrogens with two attached hydrogens (primary N) is 1. The number of ether oxygens (including phenoxy) is 1. The highest BCUT2D eigenvalue weighted by molar-refractivity contribution is 5.81. The molecule has 0 aliphatic carbocycles. The Bertz CT molecular complexity index is 406. The van der Waals surface area contributed by atoms with Crippen molar-refractivity contribution >= 4 is 12.2 Å². The van der Waals surface area contributed by atoms with Crippen molar-refractivity contribution < 1.29 is 18.7 Å². The fourth-order valence-electron chi connectivity index (χ4n) is 1.23. The number of primary amides is 1. The van der Waals surface area contributed by atoms with Crippen molar-refractivity contribution in [3.8, 4) is 5.75 Å². The Morgan fingerprint density at radius 3 is 2.81 bits per heavy atom. The monoisotopic (exact) mass is 225 g/mol. The topological polar surface area (TPSA) is 69.4 Å². The van der Waals surface area contributed by atoms with Crippen molar-refractivity contribution in [2.45, 2.75) is 19.4 Å². The molecule has 0 aliphatic heterocycles. The van der Waals surface area contributed by atoms with Crippen molar-refractivity contribution in [1.82, 2.24) is 0 Å². The molecule has 1 amide bonds. The Morgan fingerprint density at radius 2 is 2.31 bits per heavy atom. The van der Waals surface area contributed by atoms with Gasteiger partial charge in [-0.2, -0.15) is 0 Å². The molecule has 0 fully saturated rings. The van der Waals surface area contributed by atoms with E-state index in [9.17, 15) is 14.0 Å². The summed E-state index contributed by atoms with van der Waals surface area (Å²) < 4.78 is 18.5. The van der Waals surface area contributed by atoms with Crippen molar-refractivity contribution in [3.05, 3.63) is 29.6 Å². The van der Waals surface area contributed by atoms with Gasteiger partial charge in [0.05, 0.1) is 5.56 Å². The molecule has 1 atom stereocenters. The van der Waals surface area contributed by atoms with E-state index in [0.29, 0.717) is 12.7 Å². The molecule has 0 spiro atoms. The lowest BCUT2D eigenvalue weighted by atomic mass is 10.2. The van der Waals surface area contributed by atoms with Crippen LogP contribution in [0.1, 0.15) is 23.7 Å². The van der Waals surface area contributed by atoms with Crippen LogP contribution in [0.15, 0.2) is 18.2 Å². The number of benzene rings is 1. The standard InChI is InChI=1S/C11H12FNO3/c1-2-9(11(13)15)16-10-7(6-14)4-3-5-8(10)12/h3-6,9H,2H2,1H3,(H2,13,15). The lowest BCUT2D eigenvalue weighted by molar-refractivity contribution is -0.124. The first-order valence-electron chi connectivity index (χ1n) is 4.79. The second-order valence-corrected chi connectivity index (χ2v) is 3.19. The highest BCUT2D eigenvalue weighted by atomic mass is 19.1. The second kappa shape index (κ2) is 5.25. The van der Waals surface area contributed by atoms with Crippen LogP contribution in [0.25, 0.3) is 0 Å². The lowest BCUT2D eigenvalue weighted by Crippen LogP contribution is -2.33. The van der Waals surface area contributed by atoms with Gasteiger partial charge >= 0.3 is 0 Å². The average Bonchev–Trinajstić information content (AvgIpc) is 2.26. The molecule has 0 radical (unpaired) electrons. The van der Waals surface area contributed by atoms with Gasteiger partial charge in [-0.15, -0.1) is 0 Å². The Labute approximate surface area is 92.2 Å². The molecular weight excluding hydrogens is 213 g/mol. The van der Waals surface area contributed by atoms with Crippen LogP contribution in [0.4, 0.5) is 4.39 Å². The minimum Gasteiger partial charge on any atom is -0.477 e. The predicted molar refractivity (Wildman–Crippen MR) is 55.7 cm³/mol. The third kappa shape index (κ3) is 2.56. The van der Waals surface area contributed by atoms with Crippen molar-refractivity contribution in [3.63, 3.8) is 0 Å². The molecule has 0 heterocycles. The third-order valence-electron chi connectivity index (χ3n) is 2.07. The van der Waals surface area contributed by atoms with Crippen LogP contribution < -0.4 is 10.5 Å². The van der Waals surface area contributed by atoms with Crippen molar-refractivity contribution in [2.24, 2.45) is 5.73 Å². The van der Waals surface area contributed by atoms with Gasteiger partial charge in [0.25, 0.3) is 5.91 Å². The van der Waals surface area contributed by atoms with Gasteiger partial charge in [0.15, 0.2) is 24.0 Å². The second-order valence-electron chi connectivity index (χ2n) is 3.19. The van der Waals surface area contributed by atoms with Crippen LogP contribution in [0, 0.1) is 5.82 Å². The molecule has 1 aromatic rings. The van der Waals surface area contributed by atoms with Crippen LogP contribution >= 0.6 is 0 Å². The zero-order valence-corrected chi connectivity index (χ0v) is 8.77. The van der Waals surface area contributed by atoms with Gasteiger partial charge < -0.3 is 10.5 Å². The van der Waals surface area contributed by atoms with Crippen molar-refractivity contribution in [1.29, 1.82) is 0 Å². The van der Waals surface area contributed by atoms with Gasteiger partial charge in [0, 0.05) is 0 Å². The Morgan fingerprint density at radius 1 is 1.62 bits per heavy atom. The summed E-state index contributed by atoms with van der Waals surface area (Å²) in [5.41, 5.74) is 5.12. The summed E-state index contributed by atoms with van der Waals surface area (Å²) in [4.78, 5) is 21.6. The summed E-state index contributed by atoms with van der Waals surface area (Å²) in [6.07, 6.45) is -0.163. The minimum atomic E-state index is -0.935. The Hall–Kier alpha value is -1.91. The van der Waals surface area contributed by atoms with E-state index in [4.69, 9.17) is 10.5 Å². The van der Waals surface area contributed by atoms with Gasteiger partial charge in [-0.1, -0.05) is 13.0 Å². The molecule has 86 valence electrons. The molecule has 1 unspecified atom stereocenters. The number of rotatable bonds is 5. The molecule has 4 nitrogen and oxygen atoms in total. The van der Waals surface area contributed by atoms with Gasteiger partial charge in [-0.3, -0.25) is 9.59 Å². The van der Waals surface area contributed by atoms with Crippen LogP contribution in [-0.4, -0.2) is 18.3 Å². The summed E-state index contributed by atoms with van der Waals surface area (Å²) in [7, 11) is 0. The fourth-order valence-corrected chi connectivity index (χ4v) is 1.23. The number of amides is 1. The quantitative estimate of drug-likeness (QED) is 0.767. The summed E-state index contributed by atoms with van der Waals surface area (Å²) in [5.74, 6) is -1.62. The summed E-state index contributed by atoms with van der Waals surface area (Å²) in [6, 6.07) is 3.94. The van der Waals surface area contributed by atoms with Crippen LogP contribution in [0.2, 0.25) is 0 Å². The lowest BCUT2D eigenvalue weighted by Gasteiger charge is -2.15. The number of carbonyl (C=O) groups excluding carboxylic acids is 2. The van der Waals surface area contributed by atoms with Gasteiger partial charge in [-0.25, -0.2) is 4.39 Å². The van der Waals surface area contributed by atoms with E-state index >= 15 is 0 Å². The highest BCUT2D eigenvalue weighted by Gasteiger charge is 2.18. The van der Waals surface area contributed by atoms with Crippen LogP contribution in [0.5, 0.6) is 5.75 Å². The zero-order chi connectivity index (χ0) is 12.1.